The number of amides is 2. The first kappa shape index (κ1) is 30.0. The number of urea groups is 1. The lowest BCUT2D eigenvalue weighted by molar-refractivity contribution is -0.253. The van der Waals surface area contributed by atoms with E-state index in [2.05, 4.69) is 15.5 Å². The monoisotopic (exact) mass is 553 g/mol. The van der Waals surface area contributed by atoms with Gasteiger partial charge in [0.2, 0.25) is 0 Å². The van der Waals surface area contributed by atoms with Gasteiger partial charge in [-0.1, -0.05) is 67.8 Å². The van der Waals surface area contributed by atoms with Crippen LogP contribution in [0.5, 0.6) is 0 Å². The Hall–Kier alpha value is -2.98. The average Bonchev–Trinajstić information content (AvgIpc) is 2.96. The topological polar surface area (TPSA) is 109 Å². The molecule has 0 aliphatic carbocycles. The van der Waals surface area contributed by atoms with E-state index < -0.39 is 18.3 Å². The molecule has 2 aromatic rings. The number of hydrogen-bond acceptors (Lipinski definition) is 7. The number of rotatable bonds is 10. The highest BCUT2D eigenvalue weighted by atomic mass is 16.7. The first-order chi connectivity index (χ1) is 19.5. The minimum Gasteiger partial charge on any atom is -0.465 e. The van der Waals surface area contributed by atoms with Crippen LogP contribution in [0.15, 0.2) is 48.5 Å². The Morgan fingerprint density at radius 1 is 0.900 bits per heavy atom. The number of benzene rings is 2. The normalized spacial score (nSPS) is 22.1. The van der Waals surface area contributed by atoms with Gasteiger partial charge in [0.05, 0.1) is 25.4 Å². The van der Waals surface area contributed by atoms with Gasteiger partial charge >= 0.3 is 12.0 Å². The van der Waals surface area contributed by atoms with Crippen LogP contribution in [0.4, 0.5) is 4.79 Å². The lowest BCUT2D eigenvalue weighted by atomic mass is 9.99. The molecule has 2 aromatic carbocycles. The zero-order valence-electron chi connectivity index (χ0n) is 23.5. The van der Waals surface area contributed by atoms with E-state index in [1.807, 2.05) is 48.5 Å². The molecular formula is C31H43N3O6. The van der Waals surface area contributed by atoms with Crippen LogP contribution in [0.25, 0.3) is 0 Å². The first-order valence-corrected chi connectivity index (χ1v) is 14.5. The summed E-state index contributed by atoms with van der Waals surface area (Å²) >= 11 is 0. The van der Waals surface area contributed by atoms with Gasteiger partial charge in [0.15, 0.2) is 6.29 Å². The molecule has 2 aliphatic heterocycles. The van der Waals surface area contributed by atoms with Gasteiger partial charge in [-0.05, 0) is 49.5 Å². The molecule has 2 amide bonds. The molecule has 0 radical (unpaired) electrons. The highest BCUT2D eigenvalue weighted by Crippen LogP contribution is 2.38. The van der Waals surface area contributed by atoms with Gasteiger partial charge < -0.3 is 34.9 Å². The standard InChI is InChI=1S/C31H43N3O6/c1-2-38-29(36)20-33-31(37)32-19-23-8-14-26(15-9-23)30-39-27(21-34-16-6-4-3-5-7-17-34)18-28(40-30)25-12-10-24(22-35)11-13-25/h8-15,27-28,30,35H,2-7,16-22H2,1H3,(H2,32,33,37). The van der Waals surface area contributed by atoms with Gasteiger partial charge in [-0.15, -0.1) is 0 Å². The third kappa shape index (κ3) is 9.30. The Morgan fingerprint density at radius 3 is 2.23 bits per heavy atom. The fraction of sp³-hybridized carbons (Fsp3) is 0.548. The summed E-state index contributed by atoms with van der Waals surface area (Å²) in [5, 5.41) is 14.7. The Bertz CT molecular complexity index is 1050. The number of esters is 1. The Morgan fingerprint density at radius 2 is 1.55 bits per heavy atom. The summed E-state index contributed by atoms with van der Waals surface area (Å²) in [5.74, 6) is -0.471. The van der Waals surface area contributed by atoms with E-state index in [0.29, 0.717) is 6.54 Å². The summed E-state index contributed by atoms with van der Waals surface area (Å²) in [6, 6.07) is 15.4. The van der Waals surface area contributed by atoms with Crippen molar-refractivity contribution in [1.29, 1.82) is 0 Å². The molecule has 9 nitrogen and oxygen atoms in total. The molecule has 3 N–H and O–H groups in total. The molecule has 0 aromatic heterocycles. The number of likely N-dealkylation sites (tertiary alicyclic amines) is 1. The zero-order chi connectivity index (χ0) is 28.2. The van der Waals surface area contributed by atoms with Crippen LogP contribution < -0.4 is 10.6 Å². The van der Waals surface area contributed by atoms with Gasteiger partial charge in [0, 0.05) is 25.1 Å². The molecule has 40 heavy (non-hydrogen) atoms. The predicted molar refractivity (Wildman–Crippen MR) is 151 cm³/mol. The quantitative estimate of drug-likeness (QED) is 0.375. The molecule has 2 fully saturated rings. The van der Waals surface area contributed by atoms with Crippen LogP contribution in [-0.4, -0.2) is 60.9 Å². The van der Waals surface area contributed by atoms with Gasteiger partial charge in [0.1, 0.15) is 6.54 Å². The van der Waals surface area contributed by atoms with Crippen molar-refractivity contribution in [2.75, 3.05) is 32.8 Å². The van der Waals surface area contributed by atoms with Crippen LogP contribution in [0.1, 0.15) is 80.1 Å². The Labute approximate surface area is 237 Å². The minimum atomic E-state index is -0.508. The smallest absolute Gasteiger partial charge is 0.325 e. The Kier molecular flexibility index (Phi) is 11.8. The van der Waals surface area contributed by atoms with Crippen molar-refractivity contribution in [2.45, 2.75) is 77.1 Å². The van der Waals surface area contributed by atoms with Crippen molar-refractivity contribution >= 4 is 12.0 Å². The van der Waals surface area contributed by atoms with E-state index >= 15 is 0 Å². The fourth-order valence-electron chi connectivity index (χ4n) is 5.22. The second kappa shape index (κ2) is 15.7. The maximum absolute atomic E-state index is 12.0. The molecule has 3 unspecified atom stereocenters. The maximum Gasteiger partial charge on any atom is 0.325 e. The second-order valence-corrected chi connectivity index (χ2v) is 10.5. The van der Waals surface area contributed by atoms with Gasteiger partial charge in [-0.2, -0.15) is 0 Å². The largest absolute Gasteiger partial charge is 0.465 e. The van der Waals surface area contributed by atoms with E-state index in [0.717, 1.165) is 48.3 Å². The van der Waals surface area contributed by atoms with Crippen LogP contribution in [-0.2, 0) is 32.2 Å². The summed E-state index contributed by atoms with van der Waals surface area (Å²) in [5.41, 5.74) is 3.80. The third-order valence-corrected chi connectivity index (χ3v) is 7.43. The van der Waals surface area contributed by atoms with Crippen LogP contribution in [0, 0.1) is 0 Å². The molecule has 4 rings (SSSR count). The molecule has 3 atom stereocenters. The molecular weight excluding hydrogens is 510 g/mol. The van der Waals surface area contributed by atoms with Crippen molar-refractivity contribution in [3.8, 4) is 0 Å². The average molecular weight is 554 g/mol. The lowest BCUT2D eigenvalue weighted by Gasteiger charge is -2.38. The summed E-state index contributed by atoms with van der Waals surface area (Å²) in [4.78, 5) is 26.0. The van der Waals surface area contributed by atoms with E-state index in [1.165, 1.54) is 32.1 Å². The van der Waals surface area contributed by atoms with E-state index in [-0.39, 0.29) is 32.0 Å². The number of aliphatic hydroxyl groups excluding tert-OH is 1. The summed E-state index contributed by atoms with van der Waals surface area (Å²) < 4.78 is 17.8. The van der Waals surface area contributed by atoms with Crippen molar-refractivity contribution < 1.29 is 28.9 Å². The SMILES string of the molecule is CCOC(=O)CNC(=O)NCc1ccc(C2OC(CN3CCCCCCC3)CC(c3ccc(CO)cc3)O2)cc1. The first-order valence-electron chi connectivity index (χ1n) is 14.5. The molecule has 2 saturated heterocycles. The van der Waals surface area contributed by atoms with Gasteiger partial charge in [-0.3, -0.25) is 4.79 Å². The van der Waals surface area contributed by atoms with E-state index in [1.54, 1.807) is 6.92 Å². The molecule has 218 valence electrons. The molecule has 0 bridgehead atoms. The summed E-state index contributed by atoms with van der Waals surface area (Å²) in [6.07, 6.45) is 6.56. The lowest BCUT2D eigenvalue weighted by Crippen LogP contribution is -2.40. The van der Waals surface area contributed by atoms with Crippen LogP contribution >= 0.6 is 0 Å². The molecule has 9 heteroatoms. The number of hydrogen-bond donors (Lipinski definition) is 3. The molecule has 0 spiro atoms. The number of aliphatic hydroxyl groups is 1. The highest BCUT2D eigenvalue weighted by Gasteiger charge is 2.33. The van der Waals surface area contributed by atoms with Gasteiger partial charge in [-0.25, -0.2) is 4.79 Å². The van der Waals surface area contributed by atoms with E-state index in [4.69, 9.17) is 14.2 Å². The fourth-order valence-corrected chi connectivity index (χ4v) is 5.22. The number of carbonyl (C=O) groups excluding carboxylic acids is 2. The number of nitrogens with zero attached hydrogens (tertiary/aromatic N) is 1. The van der Waals surface area contributed by atoms with Crippen LogP contribution in [0.3, 0.4) is 0 Å². The third-order valence-electron chi connectivity index (χ3n) is 7.43. The van der Waals surface area contributed by atoms with Gasteiger partial charge in [0.25, 0.3) is 0 Å². The summed E-state index contributed by atoms with van der Waals surface area (Å²) in [6.45, 7) is 5.26. The maximum atomic E-state index is 12.0. The van der Waals surface area contributed by atoms with Crippen LogP contribution in [0.2, 0.25) is 0 Å². The van der Waals surface area contributed by atoms with Crippen molar-refractivity contribution in [2.24, 2.45) is 0 Å². The molecule has 2 heterocycles. The van der Waals surface area contributed by atoms with Crippen molar-refractivity contribution in [1.82, 2.24) is 15.5 Å². The zero-order valence-corrected chi connectivity index (χ0v) is 23.5. The predicted octanol–water partition coefficient (Wildman–Crippen LogP) is 4.35. The highest BCUT2D eigenvalue weighted by molar-refractivity contribution is 5.80. The number of carbonyl (C=O) groups is 2. The minimum absolute atomic E-state index is 0.0172. The number of ether oxygens (including phenoxy) is 3. The van der Waals surface area contributed by atoms with Crippen molar-refractivity contribution in [3.63, 3.8) is 0 Å². The Balaban J connectivity index is 1.39. The summed E-state index contributed by atoms with van der Waals surface area (Å²) in [7, 11) is 0. The van der Waals surface area contributed by atoms with Crippen molar-refractivity contribution in [3.05, 3.63) is 70.8 Å². The molecule has 0 saturated carbocycles. The second-order valence-electron chi connectivity index (χ2n) is 10.5. The number of nitrogens with one attached hydrogen (secondary N) is 2. The molecule has 2 aliphatic rings. The van der Waals surface area contributed by atoms with E-state index in [9.17, 15) is 14.7 Å².